The Kier molecular flexibility index (Phi) is 3.23. The molecule has 0 aliphatic carbocycles. The van der Waals surface area contributed by atoms with Crippen LogP contribution in [-0.2, 0) is 19.6 Å². The van der Waals surface area contributed by atoms with E-state index in [4.69, 9.17) is 9.47 Å². The summed E-state index contributed by atoms with van der Waals surface area (Å²) in [6, 6.07) is 5.52. The zero-order valence-electron chi connectivity index (χ0n) is 12.7. The number of fused-ring (bicyclic) bond motifs is 4. The molecule has 0 radical (unpaired) electrons. The Morgan fingerprint density at radius 2 is 1.91 bits per heavy atom. The summed E-state index contributed by atoms with van der Waals surface area (Å²) in [6.07, 6.45) is 2.58. The van der Waals surface area contributed by atoms with Crippen LogP contribution in [0.2, 0.25) is 0 Å². The highest BCUT2D eigenvalue weighted by Gasteiger charge is 2.22. The van der Waals surface area contributed by atoms with Gasteiger partial charge in [-0.3, -0.25) is 4.79 Å². The van der Waals surface area contributed by atoms with E-state index in [0.717, 1.165) is 41.1 Å². The van der Waals surface area contributed by atoms with Crippen LogP contribution in [0, 0.1) is 0 Å². The number of aliphatic hydroxyl groups excluding tert-OH is 1. The summed E-state index contributed by atoms with van der Waals surface area (Å²) in [5.74, 6) is 1.40. The SMILES string of the molecule is C=C1COc2cc3c(cc2OC1)-c1cc(=O)c(CO)cn1CC3. The van der Waals surface area contributed by atoms with Crippen molar-refractivity contribution in [1.82, 2.24) is 4.57 Å². The lowest BCUT2D eigenvalue weighted by Gasteiger charge is -2.24. The molecule has 0 bridgehead atoms. The largest absolute Gasteiger partial charge is 0.485 e. The fraction of sp³-hybridized carbons (Fsp3) is 0.278. The molecule has 1 aromatic heterocycles. The van der Waals surface area contributed by atoms with Crippen LogP contribution in [0.5, 0.6) is 11.5 Å². The minimum absolute atomic E-state index is 0.146. The van der Waals surface area contributed by atoms with Crippen molar-refractivity contribution >= 4 is 0 Å². The molecular weight excluding hydrogens is 294 g/mol. The Hall–Kier alpha value is -2.53. The molecule has 3 heterocycles. The molecule has 2 aliphatic heterocycles. The molecule has 2 aliphatic rings. The minimum atomic E-state index is -0.241. The molecule has 5 nitrogen and oxygen atoms in total. The molecule has 2 aromatic rings. The maximum Gasteiger partial charge on any atom is 0.187 e. The van der Waals surface area contributed by atoms with Crippen molar-refractivity contribution in [2.75, 3.05) is 13.2 Å². The number of rotatable bonds is 1. The van der Waals surface area contributed by atoms with Crippen molar-refractivity contribution in [3.63, 3.8) is 0 Å². The molecular formula is C18H17NO4. The van der Waals surface area contributed by atoms with Gasteiger partial charge in [0.25, 0.3) is 0 Å². The quantitative estimate of drug-likeness (QED) is 0.817. The van der Waals surface area contributed by atoms with Crippen LogP contribution < -0.4 is 14.9 Å². The van der Waals surface area contributed by atoms with Gasteiger partial charge < -0.3 is 19.1 Å². The van der Waals surface area contributed by atoms with Gasteiger partial charge in [0.1, 0.15) is 13.2 Å². The first-order chi connectivity index (χ1) is 11.2. The van der Waals surface area contributed by atoms with E-state index >= 15 is 0 Å². The lowest BCUT2D eigenvalue weighted by molar-refractivity contribution is 0.279. The number of ether oxygens (including phenoxy) is 2. The van der Waals surface area contributed by atoms with Crippen molar-refractivity contribution in [1.29, 1.82) is 0 Å². The summed E-state index contributed by atoms with van der Waals surface area (Å²) in [6.45, 7) is 5.32. The van der Waals surface area contributed by atoms with Gasteiger partial charge in [-0.15, -0.1) is 0 Å². The maximum absolute atomic E-state index is 12.1. The summed E-state index contributed by atoms with van der Waals surface area (Å²) in [4.78, 5) is 12.1. The summed E-state index contributed by atoms with van der Waals surface area (Å²) in [5.41, 5.74) is 4.13. The van der Waals surface area contributed by atoms with E-state index in [-0.39, 0.29) is 12.0 Å². The molecule has 5 heteroatoms. The van der Waals surface area contributed by atoms with Gasteiger partial charge in [0, 0.05) is 29.9 Å². The van der Waals surface area contributed by atoms with E-state index in [9.17, 15) is 9.90 Å². The lowest BCUT2D eigenvalue weighted by atomic mass is 9.96. The first-order valence-electron chi connectivity index (χ1n) is 7.59. The molecule has 0 amide bonds. The zero-order valence-corrected chi connectivity index (χ0v) is 12.7. The highest BCUT2D eigenvalue weighted by atomic mass is 16.5. The first-order valence-corrected chi connectivity index (χ1v) is 7.59. The molecule has 1 aromatic carbocycles. The number of aromatic nitrogens is 1. The molecule has 1 N–H and O–H groups in total. The van der Waals surface area contributed by atoms with Crippen LogP contribution in [0.15, 0.2) is 41.3 Å². The smallest absolute Gasteiger partial charge is 0.187 e. The van der Waals surface area contributed by atoms with E-state index in [2.05, 4.69) is 6.58 Å². The summed E-state index contributed by atoms with van der Waals surface area (Å²) in [7, 11) is 0. The zero-order chi connectivity index (χ0) is 16.0. The van der Waals surface area contributed by atoms with Gasteiger partial charge in [-0.2, -0.15) is 0 Å². The van der Waals surface area contributed by atoms with E-state index in [0.29, 0.717) is 24.5 Å². The summed E-state index contributed by atoms with van der Waals surface area (Å²) < 4.78 is 13.5. The predicted octanol–water partition coefficient (Wildman–Crippen LogP) is 1.89. The number of aliphatic hydroxyl groups is 1. The van der Waals surface area contributed by atoms with Crippen LogP contribution in [-0.4, -0.2) is 22.9 Å². The third-order valence-electron chi connectivity index (χ3n) is 4.31. The molecule has 0 atom stereocenters. The normalized spacial score (nSPS) is 15.6. The van der Waals surface area contributed by atoms with Crippen molar-refractivity contribution in [3.8, 4) is 22.8 Å². The Morgan fingerprint density at radius 3 is 2.65 bits per heavy atom. The second kappa shape index (κ2) is 5.28. The van der Waals surface area contributed by atoms with Crippen molar-refractivity contribution in [2.45, 2.75) is 19.6 Å². The van der Waals surface area contributed by atoms with E-state index in [1.54, 1.807) is 12.3 Å². The molecule has 0 unspecified atom stereocenters. The van der Waals surface area contributed by atoms with Gasteiger partial charge in [0.05, 0.1) is 12.3 Å². The average molecular weight is 311 g/mol. The molecule has 4 rings (SSSR count). The number of nitrogens with zero attached hydrogens (tertiary/aromatic N) is 1. The van der Waals surface area contributed by atoms with Gasteiger partial charge in [-0.25, -0.2) is 0 Å². The molecule has 0 spiro atoms. The standard InChI is InChI=1S/C18H17NO4/c1-11-9-22-17-4-12-2-3-19-7-13(8-20)16(21)6-15(19)14(12)5-18(17)23-10-11/h4-7,20H,1-3,8-10H2. The predicted molar refractivity (Wildman–Crippen MR) is 85.9 cm³/mol. The Bertz CT molecular complexity index is 866. The topological polar surface area (TPSA) is 60.7 Å². The fourth-order valence-electron chi connectivity index (χ4n) is 3.07. The van der Waals surface area contributed by atoms with Crippen LogP contribution in [0.4, 0.5) is 0 Å². The Balaban J connectivity index is 1.87. The van der Waals surface area contributed by atoms with Gasteiger partial charge in [0.2, 0.25) is 0 Å². The van der Waals surface area contributed by atoms with Crippen LogP contribution in [0.3, 0.4) is 0 Å². The van der Waals surface area contributed by atoms with Crippen LogP contribution in [0.1, 0.15) is 11.1 Å². The minimum Gasteiger partial charge on any atom is -0.485 e. The van der Waals surface area contributed by atoms with Gasteiger partial charge >= 0.3 is 0 Å². The Labute approximate surface area is 133 Å². The lowest BCUT2D eigenvalue weighted by Crippen LogP contribution is -2.19. The van der Waals surface area contributed by atoms with Gasteiger partial charge in [0.15, 0.2) is 16.9 Å². The first kappa shape index (κ1) is 14.1. The van der Waals surface area contributed by atoms with E-state index in [1.807, 2.05) is 16.7 Å². The summed E-state index contributed by atoms with van der Waals surface area (Å²) >= 11 is 0. The third-order valence-corrected chi connectivity index (χ3v) is 4.31. The third kappa shape index (κ3) is 2.33. The summed E-state index contributed by atoms with van der Waals surface area (Å²) in [5, 5.41) is 9.27. The number of benzene rings is 1. The molecule has 118 valence electrons. The van der Waals surface area contributed by atoms with E-state index < -0.39 is 0 Å². The molecule has 0 fully saturated rings. The monoisotopic (exact) mass is 311 g/mol. The second-order valence-corrected chi connectivity index (χ2v) is 5.93. The Morgan fingerprint density at radius 1 is 1.17 bits per heavy atom. The van der Waals surface area contributed by atoms with Crippen molar-refractivity contribution < 1.29 is 14.6 Å². The fourth-order valence-corrected chi connectivity index (χ4v) is 3.07. The molecule has 23 heavy (non-hydrogen) atoms. The van der Waals surface area contributed by atoms with Crippen LogP contribution >= 0.6 is 0 Å². The van der Waals surface area contributed by atoms with Gasteiger partial charge in [-0.1, -0.05) is 6.58 Å². The van der Waals surface area contributed by atoms with Crippen molar-refractivity contribution in [2.24, 2.45) is 0 Å². The second-order valence-electron chi connectivity index (χ2n) is 5.93. The average Bonchev–Trinajstić information content (AvgIpc) is 2.74. The molecule has 0 saturated heterocycles. The van der Waals surface area contributed by atoms with Crippen molar-refractivity contribution in [3.05, 3.63) is 57.9 Å². The highest BCUT2D eigenvalue weighted by Crippen LogP contribution is 2.39. The van der Waals surface area contributed by atoms with Crippen LogP contribution in [0.25, 0.3) is 11.3 Å². The number of hydrogen-bond donors (Lipinski definition) is 1. The molecule has 0 saturated carbocycles. The maximum atomic E-state index is 12.1. The highest BCUT2D eigenvalue weighted by molar-refractivity contribution is 5.70. The number of aryl methyl sites for hydroxylation is 2. The number of pyridine rings is 1. The van der Waals surface area contributed by atoms with Gasteiger partial charge in [-0.05, 0) is 29.7 Å². The number of hydrogen-bond acceptors (Lipinski definition) is 4. The van der Waals surface area contributed by atoms with E-state index in [1.165, 1.54) is 0 Å².